The number of rotatable bonds is 5. The third kappa shape index (κ3) is 3.01. The maximum Gasteiger partial charge on any atom is 0.158 e. The summed E-state index contributed by atoms with van der Waals surface area (Å²) in [6.45, 7) is 3.40. The number of hydrogen-bond donors (Lipinski definition) is 1. The molecule has 1 atom stereocenters. The Kier molecular flexibility index (Phi) is 4.17. The van der Waals surface area contributed by atoms with Crippen LogP contribution in [0.25, 0.3) is 11.3 Å². The molecule has 4 fully saturated rings. The molecule has 2 N–H and O–H groups in total. The monoisotopic (exact) mass is 370 g/mol. The highest BCUT2D eigenvalue weighted by Gasteiger charge is 2.54. The SMILES string of the molecule is C[C@@H]([NH2+]Cc1ccc(-c2cccc(Cl)c2)o1)C12CC3CC(CC(C3)C1)C2. The topological polar surface area (TPSA) is 29.8 Å². The fraction of sp³-hybridized carbons (Fsp3) is 0.565. The van der Waals surface area contributed by atoms with E-state index in [0.717, 1.165) is 46.4 Å². The highest BCUT2D eigenvalue weighted by molar-refractivity contribution is 6.30. The largest absolute Gasteiger partial charge is 0.455 e. The highest BCUT2D eigenvalue weighted by Crippen LogP contribution is 2.60. The van der Waals surface area contributed by atoms with Crippen molar-refractivity contribution in [3.05, 3.63) is 47.2 Å². The zero-order valence-electron chi connectivity index (χ0n) is 15.6. The molecule has 2 aromatic rings. The molecule has 3 heteroatoms. The average molecular weight is 371 g/mol. The van der Waals surface area contributed by atoms with E-state index >= 15 is 0 Å². The normalized spacial score (nSPS) is 33.5. The summed E-state index contributed by atoms with van der Waals surface area (Å²) in [4.78, 5) is 0. The lowest BCUT2D eigenvalue weighted by atomic mass is 9.48. The van der Waals surface area contributed by atoms with Crippen molar-refractivity contribution in [2.24, 2.45) is 23.2 Å². The summed E-state index contributed by atoms with van der Waals surface area (Å²) in [5, 5.41) is 3.29. The number of halogens is 1. The number of nitrogens with two attached hydrogens (primary N) is 1. The molecule has 4 aliphatic carbocycles. The number of quaternary nitrogens is 1. The molecule has 0 spiro atoms. The molecule has 0 aliphatic heterocycles. The van der Waals surface area contributed by atoms with Crippen LogP contribution in [-0.4, -0.2) is 6.04 Å². The summed E-state index contributed by atoms with van der Waals surface area (Å²) < 4.78 is 6.10. The third-order valence-corrected chi connectivity index (χ3v) is 7.73. The van der Waals surface area contributed by atoms with Gasteiger partial charge in [-0.15, -0.1) is 0 Å². The van der Waals surface area contributed by atoms with Gasteiger partial charge in [0.2, 0.25) is 0 Å². The van der Waals surface area contributed by atoms with Crippen molar-refractivity contribution in [3.63, 3.8) is 0 Å². The van der Waals surface area contributed by atoms with Crippen LogP contribution in [0.3, 0.4) is 0 Å². The highest BCUT2D eigenvalue weighted by atomic mass is 35.5. The van der Waals surface area contributed by atoms with E-state index in [2.05, 4.69) is 30.4 Å². The second-order valence-electron chi connectivity index (χ2n) is 9.28. The average Bonchev–Trinajstić information content (AvgIpc) is 3.07. The van der Waals surface area contributed by atoms with Crippen LogP contribution in [0, 0.1) is 23.2 Å². The standard InChI is InChI=1S/C23H28ClNO/c1-15(23-11-16-7-17(12-23)9-18(8-16)13-23)25-14-21-5-6-22(26-21)19-3-2-4-20(24)10-19/h2-6,10,15-18,25H,7-9,11-14H2,1H3/p+1/t15-,16?,17?,18?,23?/m1/s1. The molecule has 1 aromatic carbocycles. The molecular weight excluding hydrogens is 342 g/mol. The van der Waals surface area contributed by atoms with Crippen LogP contribution in [0.1, 0.15) is 51.2 Å². The summed E-state index contributed by atoms with van der Waals surface area (Å²) in [5.41, 5.74) is 1.65. The van der Waals surface area contributed by atoms with Gasteiger partial charge >= 0.3 is 0 Å². The lowest BCUT2D eigenvalue weighted by Crippen LogP contribution is -2.91. The molecule has 6 rings (SSSR count). The summed E-state index contributed by atoms with van der Waals surface area (Å²) in [7, 11) is 0. The molecule has 0 unspecified atom stereocenters. The van der Waals surface area contributed by atoms with Gasteiger partial charge in [-0.3, -0.25) is 0 Å². The predicted molar refractivity (Wildman–Crippen MR) is 105 cm³/mol. The van der Waals surface area contributed by atoms with Crippen molar-refractivity contribution in [2.45, 2.75) is 58.0 Å². The quantitative estimate of drug-likeness (QED) is 0.763. The minimum atomic E-state index is 0.594. The molecule has 1 heterocycles. The molecule has 4 bridgehead atoms. The molecular formula is C23H29ClNO+. The van der Waals surface area contributed by atoms with Crippen LogP contribution in [0.4, 0.5) is 0 Å². The van der Waals surface area contributed by atoms with Gasteiger partial charge in [-0.2, -0.15) is 0 Å². The van der Waals surface area contributed by atoms with Crippen LogP contribution in [0.2, 0.25) is 5.02 Å². The minimum Gasteiger partial charge on any atom is -0.455 e. The molecule has 4 aliphatic rings. The summed E-state index contributed by atoms with van der Waals surface area (Å²) in [6.07, 6.45) is 8.99. The second-order valence-corrected chi connectivity index (χ2v) is 9.72. The van der Waals surface area contributed by atoms with Crippen LogP contribution >= 0.6 is 11.6 Å². The lowest BCUT2D eigenvalue weighted by Gasteiger charge is -2.57. The summed E-state index contributed by atoms with van der Waals surface area (Å²) >= 11 is 6.11. The van der Waals surface area contributed by atoms with Crippen LogP contribution < -0.4 is 5.32 Å². The Balaban J connectivity index is 1.25. The van der Waals surface area contributed by atoms with Gasteiger partial charge in [0.25, 0.3) is 0 Å². The van der Waals surface area contributed by atoms with Crippen LogP contribution in [0.5, 0.6) is 0 Å². The molecule has 0 amide bonds. The van der Waals surface area contributed by atoms with Crippen molar-refractivity contribution in [1.29, 1.82) is 0 Å². The molecule has 26 heavy (non-hydrogen) atoms. The zero-order valence-corrected chi connectivity index (χ0v) is 16.3. The first kappa shape index (κ1) is 16.9. The van der Waals surface area contributed by atoms with E-state index in [1.807, 2.05) is 18.2 Å². The molecule has 0 saturated heterocycles. The first-order chi connectivity index (χ1) is 12.6. The maximum absolute atomic E-state index is 6.11. The summed E-state index contributed by atoms with van der Waals surface area (Å²) in [5.74, 6) is 5.05. The molecule has 4 saturated carbocycles. The lowest BCUT2D eigenvalue weighted by molar-refractivity contribution is -0.718. The first-order valence-electron chi connectivity index (χ1n) is 10.3. The van der Waals surface area contributed by atoms with Gasteiger partial charge in [-0.05, 0) is 87.5 Å². The van der Waals surface area contributed by atoms with E-state index in [-0.39, 0.29) is 0 Å². The molecule has 2 nitrogen and oxygen atoms in total. The van der Waals surface area contributed by atoms with Crippen molar-refractivity contribution < 1.29 is 9.73 Å². The summed E-state index contributed by atoms with van der Waals surface area (Å²) in [6, 6.07) is 12.8. The van der Waals surface area contributed by atoms with Crippen LogP contribution in [0.15, 0.2) is 40.8 Å². The van der Waals surface area contributed by atoms with Crippen LogP contribution in [-0.2, 0) is 6.54 Å². The molecule has 138 valence electrons. The molecule has 0 radical (unpaired) electrons. The van der Waals surface area contributed by atoms with E-state index in [1.165, 1.54) is 38.5 Å². The van der Waals surface area contributed by atoms with E-state index < -0.39 is 0 Å². The Morgan fingerprint density at radius 3 is 2.42 bits per heavy atom. The number of hydrogen-bond acceptors (Lipinski definition) is 1. The maximum atomic E-state index is 6.11. The van der Waals surface area contributed by atoms with Gasteiger partial charge in [-0.1, -0.05) is 23.7 Å². The van der Waals surface area contributed by atoms with Crippen molar-refractivity contribution in [2.75, 3.05) is 0 Å². The molecule has 1 aromatic heterocycles. The van der Waals surface area contributed by atoms with E-state index in [0.29, 0.717) is 11.5 Å². The van der Waals surface area contributed by atoms with E-state index in [9.17, 15) is 0 Å². The smallest absolute Gasteiger partial charge is 0.158 e. The zero-order chi connectivity index (χ0) is 17.7. The first-order valence-corrected chi connectivity index (χ1v) is 10.7. The van der Waals surface area contributed by atoms with Gasteiger partial charge in [0.1, 0.15) is 12.3 Å². The van der Waals surface area contributed by atoms with Gasteiger partial charge in [0.05, 0.1) is 6.04 Å². The Bertz CT molecular complexity index is 760. The van der Waals surface area contributed by atoms with Crippen molar-refractivity contribution in [3.8, 4) is 11.3 Å². The van der Waals surface area contributed by atoms with Gasteiger partial charge < -0.3 is 9.73 Å². The fourth-order valence-electron chi connectivity index (χ4n) is 6.56. The van der Waals surface area contributed by atoms with Gasteiger partial charge in [0.15, 0.2) is 5.76 Å². The number of furan rings is 1. The Morgan fingerprint density at radius 1 is 1.08 bits per heavy atom. The van der Waals surface area contributed by atoms with E-state index in [4.69, 9.17) is 16.0 Å². The van der Waals surface area contributed by atoms with Gasteiger partial charge in [-0.25, -0.2) is 0 Å². The second kappa shape index (κ2) is 6.42. The van der Waals surface area contributed by atoms with Crippen molar-refractivity contribution in [1.82, 2.24) is 0 Å². The van der Waals surface area contributed by atoms with E-state index in [1.54, 1.807) is 0 Å². The fourth-order valence-corrected chi connectivity index (χ4v) is 6.75. The third-order valence-electron chi connectivity index (χ3n) is 7.49. The Labute approximate surface area is 161 Å². The Hall–Kier alpha value is -1.25. The predicted octanol–water partition coefficient (Wildman–Crippen LogP) is 5.27. The number of benzene rings is 1. The van der Waals surface area contributed by atoms with Crippen molar-refractivity contribution >= 4 is 11.6 Å². The minimum absolute atomic E-state index is 0.594. The van der Waals surface area contributed by atoms with Gasteiger partial charge in [0, 0.05) is 16.0 Å². The Morgan fingerprint density at radius 2 is 1.77 bits per heavy atom.